The molecule has 5 rings (SSSR count). The van der Waals surface area contributed by atoms with Crippen molar-refractivity contribution in [2.75, 3.05) is 39.3 Å². The zero-order valence-corrected chi connectivity index (χ0v) is 22.2. The number of hydrogen-bond acceptors (Lipinski definition) is 6. The Morgan fingerprint density at radius 2 is 1.62 bits per heavy atom. The Kier molecular flexibility index (Phi) is 7.42. The highest BCUT2D eigenvalue weighted by atomic mass is 16.3. The zero-order valence-electron chi connectivity index (χ0n) is 22.2. The van der Waals surface area contributed by atoms with E-state index in [4.69, 9.17) is 0 Å². The Labute approximate surface area is 217 Å². The van der Waals surface area contributed by atoms with E-state index in [1.54, 1.807) is 11.5 Å². The summed E-state index contributed by atoms with van der Waals surface area (Å²) >= 11 is 0. The van der Waals surface area contributed by atoms with Gasteiger partial charge in [0.05, 0.1) is 17.1 Å². The molecule has 3 aliphatic rings. The molecule has 2 amide bonds. The van der Waals surface area contributed by atoms with Crippen LogP contribution in [0.5, 0.6) is 0 Å². The molecule has 10 nitrogen and oxygen atoms in total. The van der Waals surface area contributed by atoms with Gasteiger partial charge in [0.2, 0.25) is 5.91 Å². The molecule has 0 saturated carbocycles. The van der Waals surface area contributed by atoms with E-state index in [2.05, 4.69) is 15.1 Å². The molecule has 0 unspecified atom stereocenters. The predicted octanol–water partition coefficient (Wildman–Crippen LogP) is 1.46. The number of nitrogens with zero attached hydrogens (tertiary/aromatic N) is 5. The third kappa shape index (κ3) is 5.19. The quantitative estimate of drug-likeness (QED) is 0.608. The molecule has 4 atom stereocenters. The van der Waals surface area contributed by atoms with Crippen molar-refractivity contribution >= 4 is 23.0 Å². The molecular formula is C27H40N6O4. The van der Waals surface area contributed by atoms with E-state index in [0.717, 1.165) is 57.4 Å². The number of aliphatic hydroxyl groups is 1. The number of hydrogen-bond donors (Lipinski definition) is 2. The summed E-state index contributed by atoms with van der Waals surface area (Å²) in [6.45, 7) is 9.78. The monoisotopic (exact) mass is 512 g/mol. The number of β-amino-alcohol motifs (C(OH)–C–C–N with tert-alkyl or cyclic N) is 1. The predicted molar refractivity (Wildman–Crippen MR) is 142 cm³/mol. The van der Waals surface area contributed by atoms with Gasteiger partial charge >= 0.3 is 11.7 Å². The maximum Gasteiger partial charge on any atom is 0.337 e. The van der Waals surface area contributed by atoms with Gasteiger partial charge in [0.15, 0.2) is 0 Å². The molecule has 0 aliphatic carbocycles. The molecule has 2 bridgehead atoms. The maximum absolute atomic E-state index is 13.3. The van der Waals surface area contributed by atoms with Crippen LogP contribution in [0.15, 0.2) is 29.1 Å². The second-order valence-corrected chi connectivity index (χ2v) is 11.2. The molecule has 1 aromatic heterocycles. The summed E-state index contributed by atoms with van der Waals surface area (Å²) < 4.78 is 2.95. The fourth-order valence-electron chi connectivity index (χ4n) is 6.64. The van der Waals surface area contributed by atoms with E-state index in [9.17, 15) is 19.5 Å². The van der Waals surface area contributed by atoms with Gasteiger partial charge in [-0.2, -0.15) is 0 Å². The van der Waals surface area contributed by atoms with Crippen LogP contribution >= 0.6 is 0 Å². The number of rotatable bonds is 6. The largest absolute Gasteiger partial charge is 0.390 e. The number of benzene rings is 1. The summed E-state index contributed by atoms with van der Waals surface area (Å²) in [5.41, 5.74) is 1.09. The minimum absolute atomic E-state index is 0.00566. The van der Waals surface area contributed by atoms with E-state index in [1.165, 1.54) is 4.57 Å². The standard InChI is InChI=1S/C27H40N6O4/c1-18(2)32-24-6-4-5-7-25(24)33(27(32)37)26(36)28-20-14-21-8-9-22(15-20)31(21)17-23(35)16-29-10-12-30(13-11-29)19(3)34/h4-7,18,20-23,35H,8-17H2,1-3H3,(H,28,36)/t20-,21-,22+,23-/m1/s1. The number of imidazole rings is 1. The highest BCUT2D eigenvalue weighted by Gasteiger charge is 2.42. The van der Waals surface area contributed by atoms with Crippen molar-refractivity contribution in [1.29, 1.82) is 0 Å². The van der Waals surface area contributed by atoms with Crippen LogP contribution in [0.25, 0.3) is 11.0 Å². The lowest BCUT2D eigenvalue weighted by Gasteiger charge is -2.41. The van der Waals surface area contributed by atoms with Crippen molar-refractivity contribution in [2.24, 2.45) is 0 Å². The highest BCUT2D eigenvalue weighted by molar-refractivity contribution is 5.89. The van der Waals surface area contributed by atoms with Crippen LogP contribution in [-0.4, -0.2) is 104 Å². The summed E-state index contributed by atoms with van der Waals surface area (Å²) in [7, 11) is 0. The number of fused-ring (bicyclic) bond motifs is 3. The molecule has 1 aromatic carbocycles. The second-order valence-electron chi connectivity index (χ2n) is 11.2. The number of amides is 2. The zero-order chi connectivity index (χ0) is 26.3. The van der Waals surface area contributed by atoms with Crippen LogP contribution < -0.4 is 11.0 Å². The minimum atomic E-state index is -0.446. The van der Waals surface area contributed by atoms with Crippen LogP contribution in [0.4, 0.5) is 4.79 Å². The number of carbonyl (C=O) groups is 2. The molecule has 3 aliphatic heterocycles. The number of aromatic nitrogens is 2. The third-order valence-electron chi connectivity index (χ3n) is 8.42. The van der Waals surface area contributed by atoms with Crippen molar-refractivity contribution < 1.29 is 14.7 Å². The lowest BCUT2D eigenvalue weighted by Crippen LogP contribution is -2.55. The SMILES string of the molecule is CC(=O)N1CCN(C[C@@H](O)CN2[C@@H]3CC[C@H]2C[C@H](NC(=O)n2c(=O)n(C(C)C)c4ccccc42)C3)CC1. The lowest BCUT2D eigenvalue weighted by molar-refractivity contribution is -0.130. The number of piperazine rings is 1. The summed E-state index contributed by atoms with van der Waals surface area (Å²) in [4.78, 5) is 44.5. The molecule has 0 spiro atoms. The molecule has 37 heavy (non-hydrogen) atoms. The molecule has 0 radical (unpaired) electrons. The van der Waals surface area contributed by atoms with Gasteiger partial charge < -0.3 is 15.3 Å². The average Bonchev–Trinajstić information content (AvgIpc) is 3.27. The van der Waals surface area contributed by atoms with Crippen molar-refractivity contribution in [1.82, 2.24) is 29.2 Å². The lowest BCUT2D eigenvalue weighted by atomic mass is 9.97. The Hall–Kier alpha value is -2.69. The van der Waals surface area contributed by atoms with Gasteiger partial charge in [-0.3, -0.25) is 19.2 Å². The van der Waals surface area contributed by atoms with Gasteiger partial charge in [-0.05, 0) is 51.7 Å². The molecule has 202 valence electrons. The van der Waals surface area contributed by atoms with Crippen LogP contribution in [-0.2, 0) is 4.79 Å². The van der Waals surface area contributed by atoms with Crippen LogP contribution in [0.3, 0.4) is 0 Å². The van der Waals surface area contributed by atoms with E-state index >= 15 is 0 Å². The topological polar surface area (TPSA) is 103 Å². The normalized spacial score (nSPS) is 25.6. The Morgan fingerprint density at radius 3 is 2.22 bits per heavy atom. The Balaban J connectivity index is 1.19. The van der Waals surface area contributed by atoms with Crippen LogP contribution in [0.1, 0.15) is 52.5 Å². The minimum Gasteiger partial charge on any atom is -0.390 e. The van der Waals surface area contributed by atoms with Gasteiger partial charge in [-0.1, -0.05) is 12.1 Å². The average molecular weight is 513 g/mol. The first-order valence-corrected chi connectivity index (χ1v) is 13.7. The van der Waals surface area contributed by atoms with E-state index in [1.807, 2.05) is 43.0 Å². The van der Waals surface area contributed by atoms with Gasteiger partial charge in [-0.25, -0.2) is 14.2 Å². The van der Waals surface area contributed by atoms with Gasteiger partial charge in [0.1, 0.15) is 0 Å². The summed E-state index contributed by atoms with van der Waals surface area (Å²) in [6, 6.07) is 7.69. The van der Waals surface area contributed by atoms with Crippen molar-refractivity contribution in [3.63, 3.8) is 0 Å². The van der Waals surface area contributed by atoms with E-state index in [-0.39, 0.29) is 29.7 Å². The Bertz CT molecular complexity index is 1180. The first kappa shape index (κ1) is 25.9. The summed E-state index contributed by atoms with van der Waals surface area (Å²) in [6.07, 6.45) is 3.33. The fraction of sp³-hybridized carbons (Fsp3) is 0.667. The molecule has 3 saturated heterocycles. The maximum atomic E-state index is 13.3. The van der Waals surface area contributed by atoms with Gasteiger partial charge in [-0.15, -0.1) is 0 Å². The Morgan fingerprint density at radius 1 is 1.00 bits per heavy atom. The van der Waals surface area contributed by atoms with E-state index < -0.39 is 6.10 Å². The molecule has 2 N–H and O–H groups in total. The van der Waals surface area contributed by atoms with E-state index in [0.29, 0.717) is 30.7 Å². The molecule has 4 heterocycles. The highest BCUT2D eigenvalue weighted by Crippen LogP contribution is 2.36. The van der Waals surface area contributed by atoms with Gasteiger partial charge in [0, 0.05) is 70.4 Å². The summed E-state index contributed by atoms with van der Waals surface area (Å²) in [5, 5.41) is 14.0. The van der Waals surface area contributed by atoms with Crippen LogP contribution in [0, 0.1) is 0 Å². The van der Waals surface area contributed by atoms with Crippen molar-refractivity contribution in [3.05, 3.63) is 34.7 Å². The number of nitrogens with one attached hydrogen (secondary N) is 1. The first-order chi connectivity index (χ1) is 17.7. The van der Waals surface area contributed by atoms with Crippen LogP contribution in [0.2, 0.25) is 0 Å². The number of para-hydroxylation sites is 2. The molecule has 2 aromatic rings. The number of piperidine rings is 1. The van der Waals surface area contributed by atoms with Gasteiger partial charge in [0.25, 0.3) is 0 Å². The van der Waals surface area contributed by atoms with Crippen molar-refractivity contribution in [2.45, 2.75) is 76.7 Å². The molecular weight excluding hydrogens is 472 g/mol. The van der Waals surface area contributed by atoms with Crippen molar-refractivity contribution in [3.8, 4) is 0 Å². The molecule has 10 heteroatoms. The second kappa shape index (κ2) is 10.6. The fourth-order valence-corrected chi connectivity index (χ4v) is 6.64. The smallest absolute Gasteiger partial charge is 0.337 e. The number of aliphatic hydroxyl groups excluding tert-OH is 1. The first-order valence-electron chi connectivity index (χ1n) is 13.7. The molecule has 3 fully saturated rings. The number of carbonyl (C=O) groups excluding carboxylic acids is 2. The third-order valence-corrected chi connectivity index (χ3v) is 8.42. The summed E-state index contributed by atoms with van der Waals surface area (Å²) in [5.74, 6) is 0.113.